The fourth-order valence-corrected chi connectivity index (χ4v) is 1.43. The summed E-state index contributed by atoms with van der Waals surface area (Å²) in [5, 5.41) is 15.4. The summed E-state index contributed by atoms with van der Waals surface area (Å²) in [4.78, 5) is 12.7. The average molecular weight is 285 g/mol. The minimum atomic E-state index is -0.588. The molecule has 0 fully saturated rings. The molecule has 1 aromatic heterocycles. The molecule has 7 heteroatoms. The molecule has 1 atom stereocenters. The molecular weight excluding hydrogens is 262 g/mol. The molecule has 1 rings (SSSR count). The lowest BCUT2D eigenvalue weighted by atomic mass is 10.3. The highest BCUT2D eigenvalue weighted by atomic mass is 16.5. The van der Waals surface area contributed by atoms with Crippen molar-refractivity contribution in [2.45, 2.75) is 12.7 Å². The Morgan fingerprint density at radius 3 is 2.95 bits per heavy atom. The molecule has 0 aliphatic carbocycles. The Bertz CT molecular complexity index is 368. The van der Waals surface area contributed by atoms with E-state index in [-0.39, 0.29) is 12.6 Å². The standard InChI is InChI=1S/C13H23N3O4/c1-16(2)13(18)15-6-5-14-8-11(17)9-19-10-12-4-3-7-20-12/h3-4,7,11,14,17H,5-6,8-10H2,1-2H3,(H,15,18). The SMILES string of the molecule is CN(C)C(=O)NCCNCC(O)COCc1ccco1. The molecule has 0 saturated carbocycles. The van der Waals surface area contributed by atoms with Gasteiger partial charge in [0.15, 0.2) is 0 Å². The van der Waals surface area contributed by atoms with Gasteiger partial charge in [0, 0.05) is 33.7 Å². The van der Waals surface area contributed by atoms with Crippen molar-refractivity contribution in [2.24, 2.45) is 0 Å². The van der Waals surface area contributed by atoms with E-state index in [1.807, 2.05) is 6.07 Å². The fraction of sp³-hybridized carbons (Fsp3) is 0.615. The van der Waals surface area contributed by atoms with E-state index < -0.39 is 6.10 Å². The van der Waals surface area contributed by atoms with Crippen LogP contribution in [0, 0.1) is 0 Å². The molecule has 114 valence electrons. The van der Waals surface area contributed by atoms with Crippen LogP contribution < -0.4 is 10.6 Å². The van der Waals surface area contributed by atoms with Crippen LogP contribution in [0.2, 0.25) is 0 Å². The zero-order chi connectivity index (χ0) is 14.8. The van der Waals surface area contributed by atoms with E-state index in [9.17, 15) is 9.90 Å². The van der Waals surface area contributed by atoms with Crippen molar-refractivity contribution in [3.8, 4) is 0 Å². The van der Waals surface area contributed by atoms with E-state index in [1.165, 1.54) is 4.90 Å². The molecule has 1 heterocycles. The predicted molar refractivity (Wildman–Crippen MR) is 74.3 cm³/mol. The van der Waals surface area contributed by atoms with Gasteiger partial charge in [0.1, 0.15) is 12.4 Å². The second-order valence-corrected chi connectivity index (χ2v) is 4.58. The molecule has 0 aromatic carbocycles. The largest absolute Gasteiger partial charge is 0.467 e. The third-order valence-electron chi connectivity index (χ3n) is 2.50. The lowest BCUT2D eigenvalue weighted by Crippen LogP contribution is -2.40. The van der Waals surface area contributed by atoms with E-state index in [2.05, 4.69) is 10.6 Å². The van der Waals surface area contributed by atoms with Crippen molar-refractivity contribution in [1.82, 2.24) is 15.5 Å². The average Bonchev–Trinajstić information content (AvgIpc) is 2.91. The van der Waals surface area contributed by atoms with Crippen LogP contribution in [0.5, 0.6) is 0 Å². The van der Waals surface area contributed by atoms with E-state index in [0.717, 1.165) is 5.76 Å². The summed E-state index contributed by atoms with van der Waals surface area (Å²) in [6.07, 6.45) is 0.994. The van der Waals surface area contributed by atoms with Gasteiger partial charge < -0.3 is 29.8 Å². The second kappa shape index (κ2) is 9.35. The molecule has 20 heavy (non-hydrogen) atoms. The van der Waals surface area contributed by atoms with Crippen LogP contribution in [0.4, 0.5) is 4.79 Å². The lowest BCUT2D eigenvalue weighted by Gasteiger charge is -2.14. The van der Waals surface area contributed by atoms with Gasteiger partial charge in [-0.05, 0) is 12.1 Å². The van der Waals surface area contributed by atoms with E-state index in [1.54, 1.807) is 26.4 Å². The molecule has 3 N–H and O–H groups in total. The van der Waals surface area contributed by atoms with Gasteiger partial charge in [-0.2, -0.15) is 0 Å². The van der Waals surface area contributed by atoms with E-state index >= 15 is 0 Å². The van der Waals surface area contributed by atoms with E-state index in [0.29, 0.717) is 26.2 Å². The predicted octanol–water partition coefficient (Wildman–Crippen LogP) is 0.0179. The number of aliphatic hydroxyl groups is 1. The Morgan fingerprint density at radius 1 is 1.50 bits per heavy atom. The minimum absolute atomic E-state index is 0.130. The quantitative estimate of drug-likeness (QED) is 0.557. The van der Waals surface area contributed by atoms with Gasteiger partial charge >= 0.3 is 6.03 Å². The number of furan rings is 1. The Kier molecular flexibility index (Phi) is 7.71. The smallest absolute Gasteiger partial charge is 0.316 e. The summed E-state index contributed by atoms with van der Waals surface area (Å²) in [6, 6.07) is 3.48. The van der Waals surface area contributed by atoms with Crippen LogP contribution in [0.25, 0.3) is 0 Å². The highest BCUT2D eigenvalue weighted by molar-refractivity contribution is 5.73. The molecule has 0 radical (unpaired) electrons. The monoisotopic (exact) mass is 285 g/mol. The Hall–Kier alpha value is -1.57. The first-order valence-electron chi connectivity index (χ1n) is 6.53. The fourth-order valence-electron chi connectivity index (χ4n) is 1.43. The number of hydrogen-bond donors (Lipinski definition) is 3. The Balaban J connectivity index is 1.95. The van der Waals surface area contributed by atoms with Crippen LogP contribution in [0.1, 0.15) is 5.76 Å². The van der Waals surface area contributed by atoms with Gasteiger partial charge in [0.2, 0.25) is 0 Å². The lowest BCUT2D eigenvalue weighted by molar-refractivity contribution is 0.0228. The molecule has 0 aliphatic rings. The van der Waals surface area contributed by atoms with Crippen molar-refractivity contribution in [3.63, 3.8) is 0 Å². The van der Waals surface area contributed by atoms with Crippen molar-refractivity contribution in [1.29, 1.82) is 0 Å². The summed E-state index contributed by atoms with van der Waals surface area (Å²) in [5.74, 6) is 0.733. The van der Waals surface area contributed by atoms with Gasteiger partial charge in [0.05, 0.1) is 19.0 Å². The molecule has 7 nitrogen and oxygen atoms in total. The van der Waals surface area contributed by atoms with Gasteiger partial charge in [0.25, 0.3) is 0 Å². The summed E-state index contributed by atoms with van der Waals surface area (Å²) in [5.41, 5.74) is 0. The molecule has 2 amide bonds. The van der Waals surface area contributed by atoms with Gasteiger partial charge in [-0.1, -0.05) is 0 Å². The molecule has 0 aliphatic heterocycles. The van der Waals surface area contributed by atoms with Crippen molar-refractivity contribution < 1.29 is 19.1 Å². The summed E-state index contributed by atoms with van der Waals surface area (Å²) < 4.78 is 10.4. The third-order valence-corrected chi connectivity index (χ3v) is 2.50. The van der Waals surface area contributed by atoms with Crippen LogP contribution >= 0.6 is 0 Å². The van der Waals surface area contributed by atoms with Gasteiger partial charge in [-0.3, -0.25) is 0 Å². The summed E-state index contributed by atoms with van der Waals surface area (Å²) >= 11 is 0. The molecule has 0 saturated heterocycles. The molecule has 0 spiro atoms. The number of ether oxygens (including phenoxy) is 1. The highest BCUT2D eigenvalue weighted by Crippen LogP contribution is 2.01. The highest BCUT2D eigenvalue weighted by Gasteiger charge is 2.05. The van der Waals surface area contributed by atoms with Crippen molar-refractivity contribution >= 4 is 6.03 Å². The number of urea groups is 1. The molecule has 1 unspecified atom stereocenters. The number of nitrogens with one attached hydrogen (secondary N) is 2. The van der Waals surface area contributed by atoms with Gasteiger partial charge in [-0.15, -0.1) is 0 Å². The minimum Gasteiger partial charge on any atom is -0.467 e. The normalized spacial score (nSPS) is 12.2. The van der Waals surface area contributed by atoms with Crippen LogP contribution in [-0.2, 0) is 11.3 Å². The van der Waals surface area contributed by atoms with Crippen LogP contribution in [-0.4, -0.2) is 62.5 Å². The van der Waals surface area contributed by atoms with Gasteiger partial charge in [-0.25, -0.2) is 4.79 Å². The van der Waals surface area contributed by atoms with Crippen molar-refractivity contribution in [2.75, 3.05) is 40.3 Å². The topological polar surface area (TPSA) is 87.0 Å². The van der Waals surface area contributed by atoms with E-state index in [4.69, 9.17) is 9.15 Å². The maximum atomic E-state index is 11.2. The number of carbonyl (C=O) groups is 1. The zero-order valence-electron chi connectivity index (χ0n) is 12.0. The maximum Gasteiger partial charge on any atom is 0.316 e. The summed E-state index contributed by atoms with van der Waals surface area (Å²) in [7, 11) is 3.37. The molecule has 0 bridgehead atoms. The molecule has 1 aromatic rings. The number of hydrogen-bond acceptors (Lipinski definition) is 5. The van der Waals surface area contributed by atoms with Crippen LogP contribution in [0.3, 0.4) is 0 Å². The number of aliphatic hydroxyl groups excluding tert-OH is 1. The Labute approximate surface area is 118 Å². The number of rotatable bonds is 9. The first kappa shape index (κ1) is 16.5. The Morgan fingerprint density at radius 2 is 2.30 bits per heavy atom. The molecular formula is C13H23N3O4. The second-order valence-electron chi connectivity index (χ2n) is 4.58. The number of carbonyl (C=O) groups excluding carboxylic acids is 1. The first-order valence-corrected chi connectivity index (χ1v) is 6.53. The maximum absolute atomic E-state index is 11.2. The van der Waals surface area contributed by atoms with Crippen LogP contribution in [0.15, 0.2) is 22.8 Å². The van der Waals surface area contributed by atoms with Crippen molar-refractivity contribution in [3.05, 3.63) is 24.2 Å². The summed E-state index contributed by atoms with van der Waals surface area (Å²) in [6.45, 7) is 2.10. The number of nitrogens with zero attached hydrogens (tertiary/aromatic N) is 1. The zero-order valence-corrected chi connectivity index (χ0v) is 12.0. The first-order chi connectivity index (χ1) is 9.59. The third kappa shape index (κ3) is 7.13. The number of amides is 2.